The summed E-state index contributed by atoms with van der Waals surface area (Å²) in [6.45, 7) is 7.29. The van der Waals surface area contributed by atoms with Gasteiger partial charge in [-0.15, -0.1) is 0 Å². The molecule has 1 aliphatic rings. The van der Waals surface area contributed by atoms with Crippen molar-refractivity contribution in [3.05, 3.63) is 34.6 Å². The number of nitrogens with zero attached hydrogens (tertiary/aromatic N) is 3. The first-order chi connectivity index (χ1) is 15.7. The molecule has 0 bridgehead atoms. The van der Waals surface area contributed by atoms with Crippen molar-refractivity contribution in [2.75, 3.05) is 23.8 Å². The number of carbonyl (C=O) groups excluding carboxylic acids is 1. The molecular weight excluding hydrogens is 458 g/mol. The number of fused-ring (bicyclic) bond motifs is 1. The van der Waals surface area contributed by atoms with Crippen LogP contribution in [0.25, 0.3) is 10.9 Å². The number of benzene rings is 1. The van der Waals surface area contributed by atoms with Gasteiger partial charge in [-0.05, 0) is 30.9 Å². The SMILES string of the molecule is CCCCCCn1c(SCC(=O)N(CC(C)C)C2CCS(=O)(=O)C2)nc2ccccc2c1=O. The van der Waals surface area contributed by atoms with Gasteiger partial charge >= 0.3 is 0 Å². The highest BCUT2D eigenvalue weighted by atomic mass is 32.2. The highest BCUT2D eigenvalue weighted by Gasteiger charge is 2.34. The fourth-order valence-corrected chi connectivity index (χ4v) is 6.87. The second-order valence-corrected chi connectivity index (χ2v) is 12.4. The maximum atomic E-state index is 13.2. The van der Waals surface area contributed by atoms with E-state index >= 15 is 0 Å². The van der Waals surface area contributed by atoms with E-state index in [1.165, 1.54) is 11.8 Å². The smallest absolute Gasteiger partial charge is 0.262 e. The molecule has 182 valence electrons. The number of hydrogen-bond donors (Lipinski definition) is 0. The number of thioether (sulfide) groups is 1. The third-order valence-electron chi connectivity index (χ3n) is 5.92. The van der Waals surface area contributed by atoms with Crippen LogP contribution in [-0.4, -0.2) is 58.6 Å². The molecule has 1 amide bonds. The van der Waals surface area contributed by atoms with E-state index in [1.807, 2.05) is 32.0 Å². The van der Waals surface area contributed by atoms with Crippen molar-refractivity contribution in [2.24, 2.45) is 5.92 Å². The summed E-state index contributed by atoms with van der Waals surface area (Å²) < 4.78 is 25.7. The monoisotopic (exact) mass is 493 g/mol. The summed E-state index contributed by atoms with van der Waals surface area (Å²) >= 11 is 1.27. The second kappa shape index (κ2) is 11.5. The molecule has 0 N–H and O–H groups in total. The van der Waals surface area contributed by atoms with E-state index in [2.05, 4.69) is 6.92 Å². The molecule has 0 aliphatic carbocycles. The Morgan fingerprint density at radius 3 is 2.67 bits per heavy atom. The molecule has 9 heteroatoms. The average molecular weight is 494 g/mol. The summed E-state index contributed by atoms with van der Waals surface area (Å²) in [7, 11) is -3.09. The van der Waals surface area contributed by atoms with Crippen molar-refractivity contribution in [1.82, 2.24) is 14.5 Å². The van der Waals surface area contributed by atoms with Crippen molar-refractivity contribution in [1.29, 1.82) is 0 Å². The Hall–Kier alpha value is -1.87. The van der Waals surface area contributed by atoms with Crippen molar-refractivity contribution < 1.29 is 13.2 Å². The summed E-state index contributed by atoms with van der Waals surface area (Å²) in [5, 5.41) is 1.13. The summed E-state index contributed by atoms with van der Waals surface area (Å²) in [4.78, 5) is 32.8. The molecule has 33 heavy (non-hydrogen) atoms. The summed E-state index contributed by atoms with van der Waals surface area (Å²) in [6.07, 6.45) is 4.64. The van der Waals surface area contributed by atoms with Gasteiger partial charge in [0.2, 0.25) is 5.91 Å². The van der Waals surface area contributed by atoms with E-state index < -0.39 is 9.84 Å². The van der Waals surface area contributed by atoms with Gasteiger partial charge in [-0.25, -0.2) is 13.4 Å². The summed E-state index contributed by atoms with van der Waals surface area (Å²) in [6, 6.07) is 7.02. The van der Waals surface area contributed by atoms with E-state index in [-0.39, 0.29) is 40.7 Å². The van der Waals surface area contributed by atoms with Crippen LogP contribution in [0.5, 0.6) is 0 Å². The van der Waals surface area contributed by atoms with Crippen LogP contribution in [0.4, 0.5) is 0 Å². The van der Waals surface area contributed by atoms with Crippen molar-refractivity contribution in [2.45, 2.75) is 70.6 Å². The fraction of sp³-hybridized carbons (Fsp3) is 0.625. The lowest BCUT2D eigenvalue weighted by Gasteiger charge is -2.30. The Bertz CT molecular complexity index is 1130. The molecule has 1 unspecified atom stereocenters. The molecule has 1 saturated heterocycles. The zero-order valence-electron chi connectivity index (χ0n) is 19.8. The number of rotatable bonds is 11. The minimum Gasteiger partial charge on any atom is -0.338 e. The van der Waals surface area contributed by atoms with Gasteiger partial charge in [0.1, 0.15) is 0 Å². The molecule has 1 aromatic heterocycles. The molecule has 3 rings (SSSR count). The summed E-state index contributed by atoms with van der Waals surface area (Å²) in [5.41, 5.74) is 0.552. The van der Waals surface area contributed by atoms with Crippen molar-refractivity contribution in [3.63, 3.8) is 0 Å². The number of hydrogen-bond acceptors (Lipinski definition) is 6. The number of carbonyl (C=O) groups is 1. The molecule has 0 saturated carbocycles. The highest BCUT2D eigenvalue weighted by molar-refractivity contribution is 7.99. The van der Waals surface area contributed by atoms with Gasteiger partial charge in [-0.2, -0.15) is 0 Å². The Morgan fingerprint density at radius 1 is 1.24 bits per heavy atom. The molecule has 0 radical (unpaired) electrons. The summed E-state index contributed by atoms with van der Waals surface area (Å²) in [5.74, 6) is 0.430. The predicted octanol–water partition coefficient (Wildman–Crippen LogP) is 3.74. The molecule has 0 spiro atoms. The van der Waals surface area contributed by atoms with Crippen molar-refractivity contribution >= 4 is 38.4 Å². The van der Waals surface area contributed by atoms with Gasteiger partial charge in [0, 0.05) is 19.1 Å². The standard InChI is InChI=1S/C24H35N3O4S2/c1-4-5-6-9-13-26-23(29)20-10-7-8-11-21(20)25-24(26)32-16-22(28)27(15-18(2)3)19-12-14-33(30,31)17-19/h7-8,10-11,18-19H,4-6,9,12-17H2,1-3H3. The average Bonchev–Trinajstić information content (AvgIpc) is 3.14. The molecule has 1 aliphatic heterocycles. The number of para-hydroxylation sites is 1. The van der Waals surface area contributed by atoms with Crippen molar-refractivity contribution in [3.8, 4) is 0 Å². The van der Waals surface area contributed by atoms with Gasteiger partial charge in [-0.1, -0.05) is 63.9 Å². The third kappa shape index (κ3) is 6.82. The van der Waals surface area contributed by atoms with Crippen LogP contribution >= 0.6 is 11.8 Å². The number of amides is 1. The molecule has 2 heterocycles. The fourth-order valence-electron chi connectivity index (χ4n) is 4.23. The zero-order valence-corrected chi connectivity index (χ0v) is 21.5. The van der Waals surface area contributed by atoms with Gasteiger partial charge in [0.05, 0.1) is 28.2 Å². The molecule has 1 fully saturated rings. The minimum absolute atomic E-state index is 0.0342. The van der Waals surface area contributed by atoms with E-state index in [0.29, 0.717) is 35.6 Å². The predicted molar refractivity (Wildman–Crippen MR) is 134 cm³/mol. The normalized spacial score (nSPS) is 17.6. The Labute approximate surface area is 200 Å². The van der Waals surface area contributed by atoms with Gasteiger partial charge in [0.15, 0.2) is 15.0 Å². The van der Waals surface area contributed by atoms with Gasteiger partial charge in [0.25, 0.3) is 5.56 Å². The van der Waals surface area contributed by atoms with E-state index in [1.54, 1.807) is 15.5 Å². The quantitative estimate of drug-likeness (QED) is 0.269. The molecule has 1 atom stereocenters. The molecule has 7 nitrogen and oxygen atoms in total. The maximum absolute atomic E-state index is 13.2. The topological polar surface area (TPSA) is 89.3 Å². The van der Waals surface area contributed by atoms with Crippen LogP contribution in [0, 0.1) is 5.92 Å². The van der Waals surface area contributed by atoms with Crippen LogP contribution in [0.2, 0.25) is 0 Å². The van der Waals surface area contributed by atoms with Gasteiger partial charge in [-0.3, -0.25) is 14.2 Å². The lowest BCUT2D eigenvalue weighted by atomic mass is 10.1. The van der Waals surface area contributed by atoms with E-state index in [9.17, 15) is 18.0 Å². The first-order valence-electron chi connectivity index (χ1n) is 11.8. The minimum atomic E-state index is -3.09. The number of sulfone groups is 1. The molecule has 2 aromatic rings. The van der Waals surface area contributed by atoms with Crippen LogP contribution in [0.1, 0.15) is 52.9 Å². The van der Waals surface area contributed by atoms with Crippen LogP contribution in [-0.2, 0) is 21.2 Å². The number of aromatic nitrogens is 2. The third-order valence-corrected chi connectivity index (χ3v) is 8.63. The van der Waals surface area contributed by atoms with Crippen LogP contribution < -0.4 is 5.56 Å². The van der Waals surface area contributed by atoms with E-state index in [0.717, 1.165) is 25.7 Å². The van der Waals surface area contributed by atoms with Crippen LogP contribution in [0.3, 0.4) is 0 Å². The van der Waals surface area contributed by atoms with E-state index in [4.69, 9.17) is 4.98 Å². The first kappa shape index (κ1) is 25.7. The Kier molecular flexibility index (Phi) is 8.98. The first-order valence-corrected chi connectivity index (χ1v) is 14.6. The van der Waals surface area contributed by atoms with Gasteiger partial charge < -0.3 is 4.90 Å². The number of unbranched alkanes of at least 4 members (excludes halogenated alkanes) is 3. The zero-order chi connectivity index (χ0) is 24.0. The Morgan fingerprint density at radius 2 is 2.00 bits per heavy atom. The molecule has 1 aromatic carbocycles. The molecular formula is C24H35N3O4S2. The lowest BCUT2D eigenvalue weighted by Crippen LogP contribution is -2.44. The largest absolute Gasteiger partial charge is 0.338 e. The Balaban J connectivity index is 1.81. The maximum Gasteiger partial charge on any atom is 0.262 e. The van der Waals surface area contributed by atoms with Crippen LogP contribution in [0.15, 0.2) is 34.2 Å². The second-order valence-electron chi connectivity index (χ2n) is 9.21. The highest BCUT2D eigenvalue weighted by Crippen LogP contribution is 2.23. The lowest BCUT2D eigenvalue weighted by molar-refractivity contribution is -0.130.